The van der Waals surface area contributed by atoms with Gasteiger partial charge in [-0.3, -0.25) is 4.79 Å². The number of anilines is 1. The number of thioether (sulfide) groups is 1. The minimum atomic E-state index is -0.624. The van der Waals surface area contributed by atoms with Crippen molar-refractivity contribution in [1.82, 2.24) is 10.6 Å². The Morgan fingerprint density at radius 3 is 2.88 bits per heavy atom. The van der Waals surface area contributed by atoms with E-state index in [1.165, 1.54) is 7.11 Å². The van der Waals surface area contributed by atoms with Crippen LogP contribution in [0.2, 0.25) is 0 Å². The monoisotopic (exact) mass is 379 g/mol. The van der Waals surface area contributed by atoms with Crippen LogP contribution >= 0.6 is 11.8 Å². The van der Waals surface area contributed by atoms with Crippen molar-refractivity contribution in [2.75, 3.05) is 37.5 Å². The Bertz CT molecular complexity index is 611. The van der Waals surface area contributed by atoms with E-state index in [0.29, 0.717) is 23.9 Å². The largest absolute Gasteiger partial charge is 0.467 e. The molecule has 1 unspecified atom stereocenters. The smallest absolute Gasteiger partial charge is 0.328 e. The van der Waals surface area contributed by atoms with E-state index in [1.807, 2.05) is 24.5 Å². The van der Waals surface area contributed by atoms with Crippen LogP contribution in [0.15, 0.2) is 24.3 Å². The molecule has 7 heteroatoms. The highest BCUT2D eigenvalue weighted by molar-refractivity contribution is 7.98. The van der Waals surface area contributed by atoms with Crippen LogP contribution in [-0.2, 0) is 9.53 Å². The number of carbonyl (C=O) groups is 2. The SMILES string of the molecule is COC(=O)C(CCSC)NC(=O)c1cccc(NC[C@@H]2C[C@H](C)CN2)c1. The molecule has 144 valence electrons. The molecule has 2 rings (SSSR count). The summed E-state index contributed by atoms with van der Waals surface area (Å²) in [6.45, 7) is 4.13. The quantitative estimate of drug-likeness (QED) is 0.571. The van der Waals surface area contributed by atoms with Crippen LogP contribution in [0.25, 0.3) is 0 Å². The fourth-order valence-corrected chi connectivity index (χ4v) is 3.53. The molecular weight excluding hydrogens is 350 g/mol. The van der Waals surface area contributed by atoms with Gasteiger partial charge in [0.05, 0.1) is 7.11 Å². The van der Waals surface area contributed by atoms with Crippen LogP contribution < -0.4 is 16.0 Å². The van der Waals surface area contributed by atoms with Crippen molar-refractivity contribution in [2.45, 2.75) is 31.8 Å². The fourth-order valence-electron chi connectivity index (χ4n) is 3.06. The highest BCUT2D eigenvalue weighted by Gasteiger charge is 2.22. The molecule has 6 nitrogen and oxygen atoms in total. The van der Waals surface area contributed by atoms with Gasteiger partial charge < -0.3 is 20.7 Å². The standard InChI is InChI=1S/C19H29N3O3S/c1-13-9-16(20-11-13)12-21-15-6-4-5-14(10-15)18(23)22-17(7-8-26-3)19(24)25-2/h4-6,10,13,16-17,20-21H,7-9,11-12H2,1-3H3,(H,22,23)/t13-,16-,17?/m0/s1. The van der Waals surface area contributed by atoms with E-state index in [-0.39, 0.29) is 5.91 Å². The lowest BCUT2D eigenvalue weighted by Crippen LogP contribution is -2.42. The molecule has 1 amide bonds. The number of hydrogen-bond donors (Lipinski definition) is 3. The third-order valence-corrected chi connectivity index (χ3v) is 5.16. The van der Waals surface area contributed by atoms with Crippen molar-refractivity contribution in [1.29, 1.82) is 0 Å². The zero-order valence-corrected chi connectivity index (χ0v) is 16.5. The van der Waals surface area contributed by atoms with Crippen molar-refractivity contribution in [2.24, 2.45) is 5.92 Å². The van der Waals surface area contributed by atoms with Gasteiger partial charge in [-0.05, 0) is 55.5 Å². The van der Waals surface area contributed by atoms with E-state index < -0.39 is 12.0 Å². The summed E-state index contributed by atoms with van der Waals surface area (Å²) in [6, 6.07) is 7.19. The second-order valence-electron chi connectivity index (χ2n) is 6.74. The maximum absolute atomic E-state index is 12.5. The van der Waals surface area contributed by atoms with Crippen LogP contribution in [0.4, 0.5) is 5.69 Å². The Kier molecular flexibility index (Phi) is 8.25. The van der Waals surface area contributed by atoms with Crippen molar-refractivity contribution in [3.63, 3.8) is 0 Å². The van der Waals surface area contributed by atoms with Crippen molar-refractivity contribution >= 4 is 29.3 Å². The number of esters is 1. The van der Waals surface area contributed by atoms with Crippen molar-refractivity contribution < 1.29 is 14.3 Å². The number of amides is 1. The number of rotatable bonds is 9. The van der Waals surface area contributed by atoms with Gasteiger partial charge in [-0.1, -0.05) is 13.0 Å². The third-order valence-electron chi connectivity index (χ3n) is 4.52. The molecule has 1 aliphatic heterocycles. The zero-order chi connectivity index (χ0) is 18.9. The topological polar surface area (TPSA) is 79.5 Å². The molecule has 1 aromatic carbocycles. The fraction of sp³-hybridized carbons (Fsp3) is 0.579. The highest BCUT2D eigenvalue weighted by Crippen LogP contribution is 2.15. The summed E-state index contributed by atoms with van der Waals surface area (Å²) in [6.07, 6.45) is 3.66. The van der Waals surface area contributed by atoms with Crippen LogP contribution in [0, 0.1) is 5.92 Å². The van der Waals surface area contributed by atoms with Gasteiger partial charge in [-0.15, -0.1) is 0 Å². The Hall–Kier alpha value is -1.73. The number of benzene rings is 1. The molecule has 1 heterocycles. The summed E-state index contributed by atoms with van der Waals surface area (Å²) < 4.78 is 4.79. The van der Waals surface area contributed by atoms with Crippen LogP contribution in [-0.4, -0.2) is 56.2 Å². The predicted molar refractivity (Wildman–Crippen MR) is 107 cm³/mol. The van der Waals surface area contributed by atoms with E-state index in [0.717, 1.165) is 31.0 Å². The average molecular weight is 380 g/mol. The Balaban J connectivity index is 1.94. The van der Waals surface area contributed by atoms with Crippen LogP contribution in [0.1, 0.15) is 30.1 Å². The average Bonchev–Trinajstić information content (AvgIpc) is 3.08. The zero-order valence-electron chi connectivity index (χ0n) is 15.7. The third kappa shape index (κ3) is 6.21. The van der Waals surface area contributed by atoms with E-state index in [4.69, 9.17) is 4.74 Å². The van der Waals surface area contributed by atoms with Gasteiger partial charge in [-0.2, -0.15) is 11.8 Å². The molecule has 0 spiro atoms. The first-order chi connectivity index (χ1) is 12.5. The molecule has 26 heavy (non-hydrogen) atoms. The maximum atomic E-state index is 12.5. The maximum Gasteiger partial charge on any atom is 0.328 e. The van der Waals surface area contributed by atoms with Crippen molar-refractivity contribution in [3.05, 3.63) is 29.8 Å². The molecule has 1 aliphatic rings. The molecule has 0 aliphatic carbocycles. The lowest BCUT2D eigenvalue weighted by atomic mass is 10.1. The number of ether oxygens (including phenoxy) is 1. The minimum Gasteiger partial charge on any atom is -0.467 e. The second-order valence-corrected chi connectivity index (χ2v) is 7.72. The van der Waals surface area contributed by atoms with Crippen LogP contribution in [0.5, 0.6) is 0 Å². The first-order valence-electron chi connectivity index (χ1n) is 8.98. The normalized spacial score (nSPS) is 20.4. The summed E-state index contributed by atoms with van der Waals surface area (Å²) in [5.41, 5.74) is 1.43. The van der Waals surface area contributed by atoms with Gasteiger partial charge >= 0.3 is 5.97 Å². The molecule has 0 aromatic heterocycles. The Morgan fingerprint density at radius 1 is 1.42 bits per heavy atom. The molecule has 0 radical (unpaired) electrons. The summed E-state index contributed by atoms with van der Waals surface area (Å²) in [5, 5.41) is 9.65. The molecule has 0 saturated carbocycles. The van der Waals surface area contributed by atoms with Crippen LogP contribution in [0.3, 0.4) is 0 Å². The number of carbonyl (C=O) groups excluding carboxylic acids is 2. The molecular formula is C19H29N3O3S. The van der Waals surface area contributed by atoms with E-state index >= 15 is 0 Å². The minimum absolute atomic E-state index is 0.266. The molecule has 0 bridgehead atoms. The van der Waals surface area contributed by atoms with Gasteiger partial charge in [0, 0.05) is 23.8 Å². The summed E-state index contributed by atoms with van der Waals surface area (Å²) in [4.78, 5) is 24.4. The number of methoxy groups -OCH3 is 1. The first kappa shape index (κ1) is 20.6. The molecule has 1 fully saturated rings. The van der Waals surface area contributed by atoms with Gasteiger partial charge in [-0.25, -0.2) is 4.79 Å². The Labute approximate surface area is 159 Å². The number of hydrogen-bond acceptors (Lipinski definition) is 6. The lowest BCUT2D eigenvalue weighted by Gasteiger charge is -2.17. The van der Waals surface area contributed by atoms with Crippen molar-refractivity contribution in [3.8, 4) is 0 Å². The summed E-state index contributed by atoms with van der Waals surface area (Å²) in [5.74, 6) is 0.797. The van der Waals surface area contributed by atoms with Gasteiger partial charge in [0.15, 0.2) is 0 Å². The molecule has 3 atom stereocenters. The van der Waals surface area contributed by atoms with E-state index in [9.17, 15) is 9.59 Å². The lowest BCUT2D eigenvalue weighted by molar-refractivity contribution is -0.142. The van der Waals surface area contributed by atoms with Gasteiger partial charge in [0.2, 0.25) is 0 Å². The Morgan fingerprint density at radius 2 is 2.23 bits per heavy atom. The predicted octanol–water partition coefficient (Wildman–Crippen LogP) is 2.12. The number of nitrogens with one attached hydrogen (secondary N) is 3. The first-order valence-corrected chi connectivity index (χ1v) is 10.4. The summed E-state index contributed by atoms with van der Waals surface area (Å²) >= 11 is 1.63. The summed E-state index contributed by atoms with van der Waals surface area (Å²) in [7, 11) is 1.34. The van der Waals surface area contributed by atoms with E-state index in [2.05, 4.69) is 22.9 Å². The second kappa shape index (κ2) is 10.4. The van der Waals surface area contributed by atoms with Gasteiger partial charge in [0.25, 0.3) is 5.91 Å². The molecule has 1 saturated heterocycles. The van der Waals surface area contributed by atoms with E-state index in [1.54, 1.807) is 17.8 Å². The molecule has 1 aromatic rings. The molecule has 3 N–H and O–H groups in total. The highest BCUT2D eigenvalue weighted by atomic mass is 32.2. The van der Waals surface area contributed by atoms with Gasteiger partial charge in [0.1, 0.15) is 6.04 Å².